The highest BCUT2D eigenvalue weighted by Gasteiger charge is 2.24. The van der Waals surface area contributed by atoms with Gasteiger partial charge in [0, 0.05) is 0 Å². The Bertz CT molecular complexity index is 630. The number of thiazole rings is 1. The van der Waals surface area contributed by atoms with Gasteiger partial charge in [-0.15, -0.1) is 23.1 Å². The SMILES string of the molecule is CCSc1scnc1S(=O)(=O)c1ccc(C)cc1. The van der Waals surface area contributed by atoms with Crippen molar-refractivity contribution in [2.75, 3.05) is 5.75 Å². The molecule has 18 heavy (non-hydrogen) atoms. The molecule has 3 nitrogen and oxygen atoms in total. The number of rotatable bonds is 4. The third-order valence-corrected chi connectivity index (χ3v) is 6.34. The molecule has 0 bridgehead atoms. The zero-order valence-electron chi connectivity index (χ0n) is 10.1. The van der Waals surface area contributed by atoms with Gasteiger partial charge in [-0.3, -0.25) is 0 Å². The molecular formula is C12H13NO2S3. The number of hydrogen-bond donors (Lipinski definition) is 0. The molecule has 0 N–H and O–H groups in total. The number of benzene rings is 1. The molecule has 1 heterocycles. The summed E-state index contributed by atoms with van der Waals surface area (Å²) in [5.74, 6) is 0.832. The highest BCUT2D eigenvalue weighted by molar-refractivity contribution is 8.02. The van der Waals surface area contributed by atoms with E-state index in [0.29, 0.717) is 4.90 Å². The molecule has 1 aromatic carbocycles. The molecule has 0 fully saturated rings. The fourth-order valence-electron chi connectivity index (χ4n) is 1.46. The molecule has 0 spiro atoms. The van der Waals surface area contributed by atoms with Crippen molar-refractivity contribution in [3.05, 3.63) is 35.3 Å². The Kier molecular flexibility index (Phi) is 4.09. The lowest BCUT2D eigenvalue weighted by molar-refractivity contribution is 0.591. The molecule has 1 aromatic heterocycles. The minimum Gasteiger partial charge on any atom is -0.232 e. The van der Waals surface area contributed by atoms with E-state index in [1.54, 1.807) is 29.8 Å². The average molecular weight is 299 g/mol. The van der Waals surface area contributed by atoms with Crippen LogP contribution in [0.3, 0.4) is 0 Å². The second kappa shape index (κ2) is 5.42. The van der Waals surface area contributed by atoms with Gasteiger partial charge in [0.2, 0.25) is 9.84 Å². The van der Waals surface area contributed by atoms with Gasteiger partial charge in [-0.1, -0.05) is 24.6 Å². The minimum absolute atomic E-state index is 0.184. The summed E-state index contributed by atoms with van der Waals surface area (Å²) >= 11 is 2.88. The number of nitrogens with zero attached hydrogens (tertiary/aromatic N) is 1. The van der Waals surface area contributed by atoms with Crippen LogP contribution in [0.15, 0.2) is 43.9 Å². The van der Waals surface area contributed by atoms with Crippen LogP contribution in [0.1, 0.15) is 12.5 Å². The lowest BCUT2D eigenvalue weighted by Crippen LogP contribution is -2.03. The zero-order valence-corrected chi connectivity index (χ0v) is 12.5. The standard InChI is InChI=1S/C12H13NO2S3/c1-3-16-12-11(13-8-17-12)18(14,15)10-6-4-9(2)5-7-10/h4-8H,3H2,1-2H3. The smallest absolute Gasteiger partial charge is 0.225 e. The Morgan fingerprint density at radius 1 is 1.28 bits per heavy atom. The van der Waals surface area contributed by atoms with Crippen LogP contribution in [0.25, 0.3) is 0 Å². The van der Waals surface area contributed by atoms with Crippen LogP contribution in [-0.2, 0) is 9.84 Å². The summed E-state index contributed by atoms with van der Waals surface area (Å²) in [6.07, 6.45) is 0. The van der Waals surface area contributed by atoms with Crippen LogP contribution < -0.4 is 0 Å². The van der Waals surface area contributed by atoms with Gasteiger partial charge in [-0.05, 0) is 24.8 Å². The molecule has 0 aliphatic rings. The van der Waals surface area contributed by atoms with Gasteiger partial charge in [0.15, 0.2) is 5.03 Å². The lowest BCUT2D eigenvalue weighted by atomic mass is 10.2. The molecular weight excluding hydrogens is 286 g/mol. The van der Waals surface area contributed by atoms with Gasteiger partial charge in [-0.25, -0.2) is 13.4 Å². The minimum atomic E-state index is -3.49. The first kappa shape index (κ1) is 13.6. The van der Waals surface area contributed by atoms with E-state index < -0.39 is 9.84 Å². The molecule has 0 unspecified atom stereocenters. The summed E-state index contributed by atoms with van der Waals surface area (Å²) in [6.45, 7) is 3.92. The van der Waals surface area contributed by atoms with E-state index >= 15 is 0 Å². The summed E-state index contributed by atoms with van der Waals surface area (Å²) in [7, 11) is -3.49. The summed E-state index contributed by atoms with van der Waals surface area (Å²) < 4.78 is 25.6. The topological polar surface area (TPSA) is 47.0 Å². The maximum Gasteiger partial charge on any atom is 0.225 e. The first-order valence-electron chi connectivity index (χ1n) is 5.43. The Morgan fingerprint density at radius 2 is 1.94 bits per heavy atom. The molecule has 0 amide bonds. The molecule has 2 aromatic rings. The normalized spacial score (nSPS) is 11.7. The number of sulfone groups is 1. The molecule has 2 rings (SSSR count). The Labute approximate surface area is 115 Å². The van der Waals surface area contributed by atoms with Crippen molar-refractivity contribution in [2.24, 2.45) is 0 Å². The predicted octanol–water partition coefficient (Wildman–Crippen LogP) is 3.40. The third kappa shape index (κ3) is 2.60. The van der Waals surface area contributed by atoms with E-state index in [9.17, 15) is 8.42 Å². The van der Waals surface area contributed by atoms with Crippen molar-refractivity contribution in [3.8, 4) is 0 Å². The number of thioether (sulfide) groups is 1. The highest BCUT2D eigenvalue weighted by Crippen LogP contribution is 2.33. The summed E-state index contributed by atoms with van der Waals surface area (Å²) in [6, 6.07) is 6.85. The Hall–Kier alpha value is -0.850. The highest BCUT2D eigenvalue weighted by atomic mass is 32.2. The Morgan fingerprint density at radius 3 is 2.56 bits per heavy atom. The van der Waals surface area contributed by atoms with Crippen LogP contribution >= 0.6 is 23.1 Å². The van der Waals surface area contributed by atoms with Crippen LogP contribution in [0.4, 0.5) is 0 Å². The molecule has 0 aliphatic carbocycles. The summed E-state index contributed by atoms with van der Waals surface area (Å²) in [4.78, 5) is 4.32. The number of hydrogen-bond acceptors (Lipinski definition) is 5. The van der Waals surface area contributed by atoms with Crippen LogP contribution in [0.5, 0.6) is 0 Å². The van der Waals surface area contributed by atoms with Crippen LogP contribution in [-0.4, -0.2) is 19.2 Å². The van der Waals surface area contributed by atoms with Crippen molar-refractivity contribution in [2.45, 2.75) is 28.0 Å². The Balaban J connectivity index is 2.48. The zero-order chi connectivity index (χ0) is 13.2. The van der Waals surface area contributed by atoms with Gasteiger partial charge in [0.1, 0.15) is 0 Å². The first-order chi connectivity index (χ1) is 8.55. The molecule has 0 radical (unpaired) electrons. The van der Waals surface area contributed by atoms with Crippen LogP contribution in [0, 0.1) is 6.92 Å². The number of aromatic nitrogens is 1. The second-order valence-electron chi connectivity index (χ2n) is 3.69. The van der Waals surface area contributed by atoms with Gasteiger partial charge in [0.25, 0.3) is 0 Å². The van der Waals surface area contributed by atoms with Crippen molar-refractivity contribution < 1.29 is 8.42 Å². The lowest BCUT2D eigenvalue weighted by Gasteiger charge is -2.04. The van der Waals surface area contributed by atoms with E-state index in [4.69, 9.17) is 0 Å². The quantitative estimate of drug-likeness (QED) is 0.812. The summed E-state index contributed by atoms with van der Waals surface area (Å²) in [5, 5.41) is 0.184. The van der Waals surface area contributed by atoms with Gasteiger partial charge in [0.05, 0.1) is 14.6 Å². The fraction of sp³-hybridized carbons (Fsp3) is 0.250. The second-order valence-corrected chi connectivity index (χ2v) is 7.95. The van der Waals surface area contributed by atoms with Gasteiger partial charge >= 0.3 is 0 Å². The van der Waals surface area contributed by atoms with Crippen molar-refractivity contribution >= 4 is 32.9 Å². The molecule has 0 saturated heterocycles. The maximum absolute atomic E-state index is 12.4. The summed E-state index contributed by atoms with van der Waals surface area (Å²) in [5.41, 5.74) is 2.62. The van der Waals surface area contributed by atoms with Crippen LogP contribution in [0.2, 0.25) is 0 Å². The fourth-order valence-corrected chi connectivity index (χ4v) is 5.24. The third-order valence-electron chi connectivity index (χ3n) is 2.37. The largest absolute Gasteiger partial charge is 0.232 e. The monoisotopic (exact) mass is 299 g/mol. The molecule has 96 valence electrons. The van der Waals surface area contributed by atoms with E-state index in [-0.39, 0.29) is 5.03 Å². The molecule has 0 saturated carbocycles. The van der Waals surface area contributed by atoms with E-state index in [2.05, 4.69) is 4.98 Å². The van der Waals surface area contributed by atoms with Gasteiger partial charge in [-0.2, -0.15) is 0 Å². The van der Waals surface area contributed by atoms with E-state index in [1.807, 2.05) is 13.8 Å². The molecule has 6 heteroatoms. The van der Waals surface area contributed by atoms with E-state index in [1.165, 1.54) is 23.1 Å². The van der Waals surface area contributed by atoms with E-state index in [0.717, 1.165) is 15.5 Å². The average Bonchev–Trinajstić information content (AvgIpc) is 2.79. The maximum atomic E-state index is 12.4. The van der Waals surface area contributed by atoms with Crippen molar-refractivity contribution in [3.63, 3.8) is 0 Å². The molecule has 0 aliphatic heterocycles. The first-order valence-corrected chi connectivity index (χ1v) is 8.78. The van der Waals surface area contributed by atoms with Crippen molar-refractivity contribution in [1.82, 2.24) is 4.98 Å². The van der Waals surface area contributed by atoms with Crippen molar-refractivity contribution in [1.29, 1.82) is 0 Å². The van der Waals surface area contributed by atoms with Gasteiger partial charge < -0.3 is 0 Å². The number of aryl methyl sites for hydroxylation is 1. The molecule has 0 atom stereocenters. The predicted molar refractivity (Wildman–Crippen MR) is 75.1 cm³/mol.